The van der Waals surface area contributed by atoms with Gasteiger partial charge in [0.25, 0.3) is 0 Å². The highest BCUT2D eigenvalue weighted by Crippen LogP contribution is 2.28. The first kappa shape index (κ1) is 11.5. The minimum atomic E-state index is -0.887. The molecule has 17 heavy (non-hydrogen) atoms. The van der Waals surface area contributed by atoms with Gasteiger partial charge in [0.2, 0.25) is 0 Å². The minimum absolute atomic E-state index is 0.339. The summed E-state index contributed by atoms with van der Waals surface area (Å²) in [4.78, 5) is 13.0. The predicted molar refractivity (Wildman–Crippen MR) is 64.2 cm³/mol. The largest absolute Gasteiger partial charge is 0.478 e. The molecule has 0 atom stereocenters. The quantitative estimate of drug-likeness (QED) is 0.863. The molecule has 0 saturated heterocycles. The number of nitriles is 1. The lowest BCUT2D eigenvalue weighted by Crippen LogP contribution is -2.30. The van der Waals surface area contributed by atoms with Crippen LogP contribution >= 0.6 is 0 Å². The summed E-state index contributed by atoms with van der Waals surface area (Å²) in [5, 5.41) is 17.5. The molecule has 1 heterocycles. The van der Waals surface area contributed by atoms with Crippen molar-refractivity contribution in [2.24, 2.45) is 0 Å². The third-order valence-corrected chi connectivity index (χ3v) is 3.03. The fourth-order valence-electron chi connectivity index (χ4n) is 2.23. The Kier molecular flexibility index (Phi) is 3.29. The van der Waals surface area contributed by atoms with Gasteiger partial charge in [0.1, 0.15) is 0 Å². The lowest BCUT2D eigenvalue weighted by Gasteiger charge is -2.30. The maximum Gasteiger partial charge on any atom is 0.335 e. The van der Waals surface area contributed by atoms with Gasteiger partial charge < -0.3 is 10.0 Å². The van der Waals surface area contributed by atoms with Crippen molar-refractivity contribution in [1.82, 2.24) is 0 Å². The molecule has 0 fully saturated rings. The Morgan fingerprint density at radius 1 is 1.53 bits per heavy atom. The molecule has 0 radical (unpaired) electrons. The van der Waals surface area contributed by atoms with Gasteiger partial charge in [-0.3, -0.25) is 0 Å². The second kappa shape index (κ2) is 4.88. The smallest absolute Gasteiger partial charge is 0.335 e. The Bertz CT molecular complexity index is 477. The molecule has 2 rings (SSSR count). The average molecular weight is 230 g/mol. The van der Waals surface area contributed by atoms with Crippen molar-refractivity contribution in [3.05, 3.63) is 29.3 Å². The summed E-state index contributed by atoms with van der Waals surface area (Å²) in [5.41, 5.74) is 2.50. The van der Waals surface area contributed by atoms with E-state index in [0.29, 0.717) is 12.0 Å². The summed E-state index contributed by atoms with van der Waals surface area (Å²) >= 11 is 0. The van der Waals surface area contributed by atoms with Gasteiger partial charge in [-0.15, -0.1) is 0 Å². The van der Waals surface area contributed by atoms with Gasteiger partial charge in [-0.1, -0.05) is 0 Å². The van der Waals surface area contributed by atoms with Gasteiger partial charge in [-0.25, -0.2) is 4.79 Å². The van der Waals surface area contributed by atoms with Gasteiger partial charge >= 0.3 is 5.97 Å². The van der Waals surface area contributed by atoms with E-state index in [-0.39, 0.29) is 0 Å². The van der Waals surface area contributed by atoms with E-state index < -0.39 is 5.97 Å². The third-order valence-electron chi connectivity index (χ3n) is 3.03. The molecule has 1 aliphatic heterocycles. The van der Waals surface area contributed by atoms with Crippen LogP contribution in [0.4, 0.5) is 5.69 Å². The topological polar surface area (TPSA) is 64.3 Å². The second-order valence-electron chi connectivity index (χ2n) is 4.15. The molecule has 0 unspecified atom stereocenters. The number of hydrogen-bond acceptors (Lipinski definition) is 3. The Balaban J connectivity index is 2.27. The number of carboxylic acids is 1. The normalized spacial score (nSPS) is 13.9. The zero-order valence-corrected chi connectivity index (χ0v) is 9.52. The maximum absolute atomic E-state index is 10.9. The predicted octanol–water partition coefficient (Wildman–Crippen LogP) is 2.05. The van der Waals surface area contributed by atoms with Crippen LogP contribution < -0.4 is 4.90 Å². The molecule has 0 saturated carbocycles. The average Bonchev–Trinajstić information content (AvgIpc) is 2.35. The molecule has 4 heteroatoms. The summed E-state index contributed by atoms with van der Waals surface area (Å²) in [6, 6.07) is 7.37. The number of benzene rings is 1. The van der Waals surface area contributed by atoms with E-state index in [1.54, 1.807) is 12.1 Å². The third kappa shape index (κ3) is 2.39. The molecule has 1 aromatic carbocycles. The van der Waals surface area contributed by atoms with Crippen molar-refractivity contribution in [1.29, 1.82) is 5.26 Å². The van der Waals surface area contributed by atoms with Crippen LogP contribution in [0.25, 0.3) is 0 Å². The van der Waals surface area contributed by atoms with Gasteiger partial charge in [-0.2, -0.15) is 5.26 Å². The Morgan fingerprint density at radius 3 is 3.06 bits per heavy atom. The number of fused-ring (bicyclic) bond motifs is 1. The van der Waals surface area contributed by atoms with Crippen LogP contribution in [-0.4, -0.2) is 24.2 Å². The molecule has 0 amide bonds. The molecule has 1 N–H and O–H groups in total. The van der Waals surface area contributed by atoms with Crippen LogP contribution in [0.3, 0.4) is 0 Å². The minimum Gasteiger partial charge on any atom is -0.478 e. The molecule has 0 spiro atoms. The van der Waals surface area contributed by atoms with Crippen LogP contribution in [0, 0.1) is 11.3 Å². The number of rotatable bonds is 3. The van der Waals surface area contributed by atoms with Crippen LogP contribution in [0.2, 0.25) is 0 Å². The number of aryl methyl sites for hydroxylation is 1. The fourth-order valence-corrected chi connectivity index (χ4v) is 2.23. The van der Waals surface area contributed by atoms with E-state index in [1.165, 1.54) is 0 Å². The van der Waals surface area contributed by atoms with Crippen LogP contribution in [0.15, 0.2) is 18.2 Å². The highest BCUT2D eigenvalue weighted by molar-refractivity contribution is 5.88. The molecule has 0 aliphatic carbocycles. The second-order valence-corrected chi connectivity index (χ2v) is 4.15. The molecular weight excluding hydrogens is 216 g/mol. The summed E-state index contributed by atoms with van der Waals surface area (Å²) in [6.07, 6.45) is 2.43. The Morgan fingerprint density at radius 2 is 2.35 bits per heavy atom. The summed E-state index contributed by atoms with van der Waals surface area (Å²) in [5.74, 6) is -0.887. The lowest BCUT2D eigenvalue weighted by molar-refractivity contribution is 0.0697. The molecular formula is C13H14N2O2. The van der Waals surface area contributed by atoms with Crippen molar-refractivity contribution >= 4 is 11.7 Å². The van der Waals surface area contributed by atoms with Gasteiger partial charge in [0.05, 0.1) is 18.1 Å². The van der Waals surface area contributed by atoms with E-state index >= 15 is 0 Å². The standard InChI is InChI=1S/C13H14N2O2/c14-6-2-8-15-7-1-3-10-9-11(13(16)17)4-5-12(10)15/h4-5,9H,1-3,7-8H2,(H,16,17). The summed E-state index contributed by atoms with van der Waals surface area (Å²) in [6.45, 7) is 1.66. The Hall–Kier alpha value is -2.02. The summed E-state index contributed by atoms with van der Waals surface area (Å²) < 4.78 is 0. The van der Waals surface area contributed by atoms with E-state index in [9.17, 15) is 4.79 Å². The first-order valence-corrected chi connectivity index (χ1v) is 5.70. The molecule has 4 nitrogen and oxygen atoms in total. The van der Waals surface area contributed by atoms with Crippen molar-refractivity contribution in [2.75, 3.05) is 18.0 Å². The van der Waals surface area contributed by atoms with Crippen LogP contribution in [0.5, 0.6) is 0 Å². The highest BCUT2D eigenvalue weighted by Gasteiger charge is 2.17. The van der Waals surface area contributed by atoms with Crippen molar-refractivity contribution < 1.29 is 9.90 Å². The zero-order chi connectivity index (χ0) is 12.3. The van der Waals surface area contributed by atoms with Crippen LogP contribution in [0.1, 0.15) is 28.8 Å². The Labute approximate surface area is 100 Å². The maximum atomic E-state index is 10.9. The SMILES string of the molecule is N#CCCN1CCCc2cc(C(=O)O)ccc21. The molecule has 0 aromatic heterocycles. The number of nitrogens with zero attached hydrogens (tertiary/aromatic N) is 2. The van der Waals surface area contributed by atoms with E-state index in [2.05, 4.69) is 11.0 Å². The number of carbonyl (C=O) groups is 1. The number of aromatic carboxylic acids is 1. The zero-order valence-electron chi connectivity index (χ0n) is 9.52. The van der Waals surface area contributed by atoms with E-state index in [1.807, 2.05) is 6.07 Å². The first-order valence-electron chi connectivity index (χ1n) is 5.70. The molecule has 1 aliphatic rings. The number of hydrogen-bond donors (Lipinski definition) is 1. The molecule has 1 aromatic rings. The molecule has 0 bridgehead atoms. The highest BCUT2D eigenvalue weighted by atomic mass is 16.4. The van der Waals surface area contributed by atoms with Crippen molar-refractivity contribution in [3.8, 4) is 6.07 Å². The van der Waals surface area contributed by atoms with E-state index in [4.69, 9.17) is 10.4 Å². The van der Waals surface area contributed by atoms with Crippen molar-refractivity contribution in [3.63, 3.8) is 0 Å². The molecule has 88 valence electrons. The monoisotopic (exact) mass is 230 g/mol. The van der Waals surface area contributed by atoms with Gasteiger partial charge in [-0.05, 0) is 36.6 Å². The van der Waals surface area contributed by atoms with Crippen LogP contribution in [-0.2, 0) is 6.42 Å². The lowest BCUT2D eigenvalue weighted by atomic mass is 9.99. The van der Waals surface area contributed by atoms with Gasteiger partial charge in [0.15, 0.2) is 0 Å². The van der Waals surface area contributed by atoms with Crippen molar-refractivity contribution in [2.45, 2.75) is 19.3 Å². The first-order chi connectivity index (χ1) is 8.22. The fraction of sp³-hybridized carbons (Fsp3) is 0.385. The van der Waals surface area contributed by atoms with Gasteiger partial charge in [0, 0.05) is 18.8 Å². The summed E-state index contributed by atoms with van der Waals surface area (Å²) in [7, 11) is 0. The number of carboxylic acid groups (broad SMARTS) is 1. The van der Waals surface area contributed by atoms with E-state index in [0.717, 1.165) is 37.2 Å². The number of anilines is 1.